The lowest BCUT2D eigenvalue weighted by molar-refractivity contribution is 0.613. The first kappa shape index (κ1) is 9.55. The first-order valence-electron chi connectivity index (χ1n) is 3.97. The minimum Gasteiger partial charge on any atom is -0.207 e. The molecule has 0 spiro atoms. The van der Waals surface area contributed by atoms with E-state index in [-0.39, 0.29) is 5.82 Å². The molecule has 72 valence electrons. The van der Waals surface area contributed by atoms with Crippen molar-refractivity contribution in [3.63, 3.8) is 0 Å². The maximum Gasteiger partial charge on any atom is 0.166 e. The molecule has 0 radical (unpaired) electrons. The van der Waals surface area contributed by atoms with Crippen LogP contribution in [0.3, 0.4) is 0 Å². The summed E-state index contributed by atoms with van der Waals surface area (Å²) < 4.78 is 21.0. The third kappa shape index (κ3) is 1.91. The van der Waals surface area contributed by atoms with Gasteiger partial charge in [0.1, 0.15) is 5.82 Å². The van der Waals surface area contributed by atoms with Gasteiger partial charge < -0.3 is 0 Å². The summed E-state index contributed by atoms with van der Waals surface area (Å²) in [5, 5.41) is 0.359. The average Bonchev–Trinajstić information content (AvgIpc) is 2.56. The number of nitrogens with zero attached hydrogens (tertiary/aromatic N) is 2. The molecule has 14 heavy (non-hydrogen) atoms. The Hall–Kier alpha value is -1.00. The van der Waals surface area contributed by atoms with Gasteiger partial charge in [-0.05, 0) is 11.6 Å². The molecule has 0 fully saturated rings. The SMILES string of the molecule is Fc1ccccc1Cc1nsnc1Cl. The van der Waals surface area contributed by atoms with Gasteiger partial charge >= 0.3 is 0 Å². The van der Waals surface area contributed by atoms with E-state index in [2.05, 4.69) is 8.75 Å². The molecule has 0 atom stereocenters. The minimum absolute atomic E-state index is 0.239. The van der Waals surface area contributed by atoms with Crippen LogP contribution < -0.4 is 0 Å². The molecule has 0 aliphatic rings. The second kappa shape index (κ2) is 4.02. The van der Waals surface area contributed by atoms with E-state index in [1.165, 1.54) is 6.07 Å². The standard InChI is InChI=1S/C9H6ClFN2S/c10-9-8(12-14-13-9)5-6-3-1-2-4-7(6)11/h1-4H,5H2. The van der Waals surface area contributed by atoms with Gasteiger partial charge in [-0.2, -0.15) is 8.75 Å². The van der Waals surface area contributed by atoms with Crippen LogP contribution in [-0.2, 0) is 6.42 Å². The lowest BCUT2D eigenvalue weighted by atomic mass is 10.1. The molecule has 1 heterocycles. The van der Waals surface area contributed by atoms with Gasteiger partial charge in [0.15, 0.2) is 5.15 Å². The van der Waals surface area contributed by atoms with Crippen molar-refractivity contribution in [1.29, 1.82) is 0 Å². The Morgan fingerprint density at radius 3 is 2.71 bits per heavy atom. The van der Waals surface area contributed by atoms with Crippen LogP contribution in [0.4, 0.5) is 4.39 Å². The number of benzene rings is 1. The van der Waals surface area contributed by atoms with Crippen molar-refractivity contribution >= 4 is 23.3 Å². The van der Waals surface area contributed by atoms with Crippen molar-refractivity contribution in [2.45, 2.75) is 6.42 Å². The Balaban J connectivity index is 2.28. The molecule has 2 rings (SSSR count). The van der Waals surface area contributed by atoms with E-state index < -0.39 is 0 Å². The molecule has 0 aliphatic heterocycles. The molecule has 0 aliphatic carbocycles. The Labute approximate surface area is 89.7 Å². The van der Waals surface area contributed by atoms with E-state index in [4.69, 9.17) is 11.6 Å². The third-order valence-electron chi connectivity index (χ3n) is 1.83. The van der Waals surface area contributed by atoms with Crippen LogP contribution in [0.15, 0.2) is 24.3 Å². The normalized spacial score (nSPS) is 10.4. The smallest absolute Gasteiger partial charge is 0.166 e. The Bertz CT molecular complexity index is 444. The fraction of sp³-hybridized carbons (Fsp3) is 0.111. The molecule has 0 bridgehead atoms. The number of aromatic nitrogens is 2. The van der Waals surface area contributed by atoms with Crippen LogP contribution in [0.2, 0.25) is 5.15 Å². The van der Waals surface area contributed by atoms with Gasteiger partial charge in [0.25, 0.3) is 0 Å². The van der Waals surface area contributed by atoms with Crippen LogP contribution >= 0.6 is 23.3 Å². The molecule has 2 aromatic rings. The minimum atomic E-state index is -0.239. The zero-order valence-electron chi connectivity index (χ0n) is 7.08. The zero-order chi connectivity index (χ0) is 9.97. The molecule has 0 saturated heterocycles. The first-order valence-corrected chi connectivity index (χ1v) is 5.08. The molecular weight excluding hydrogens is 223 g/mol. The van der Waals surface area contributed by atoms with Crippen LogP contribution in [0.5, 0.6) is 0 Å². The Morgan fingerprint density at radius 2 is 2.07 bits per heavy atom. The molecule has 2 nitrogen and oxygen atoms in total. The van der Waals surface area contributed by atoms with Gasteiger partial charge in [-0.1, -0.05) is 29.8 Å². The monoisotopic (exact) mass is 228 g/mol. The summed E-state index contributed by atoms with van der Waals surface area (Å²) in [5.41, 5.74) is 1.21. The largest absolute Gasteiger partial charge is 0.207 e. The van der Waals surface area contributed by atoms with E-state index >= 15 is 0 Å². The third-order valence-corrected chi connectivity index (χ3v) is 2.79. The van der Waals surface area contributed by atoms with E-state index in [9.17, 15) is 4.39 Å². The van der Waals surface area contributed by atoms with Crippen molar-refractivity contribution in [2.24, 2.45) is 0 Å². The molecule has 1 aromatic heterocycles. The van der Waals surface area contributed by atoms with Gasteiger partial charge in [-0.15, -0.1) is 0 Å². The number of hydrogen-bond donors (Lipinski definition) is 0. The number of halogens is 2. The fourth-order valence-corrected chi connectivity index (χ4v) is 1.84. The lowest BCUT2D eigenvalue weighted by Crippen LogP contribution is -1.92. The van der Waals surface area contributed by atoms with E-state index in [1.54, 1.807) is 18.2 Å². The summed E-state index contributed by atoms with van der Waals surface area (Å²) >= 11 is 6.79. The van der Waals surface area contributed by atoms with Gasteiger partial charge in [0.05, 0.1) is 17.4 Å². The van der Waals surface area contributed by atoms with Crippen LogP contribution in [0.1, 0.15) is 11.3 Å². The molecule has 0 N–H and O–H groups in total. The maximum atomic E-state index is 13.2. The predicted octanol–water partition coefficient (Wildman–Crippen LogP) is 2.92. The maximum absolute atomic E-state index is 13.2. The van der Waals surface area contributed by atoms with E-state index in [1.807, 2.05) is 0 Å². The predicted molar refractivity (Wildman–Crippen MR) is 54.1 cm³/mol. The Morgan fingerprint density at radius 1 is 1.29 bits per heavy atom. The average molecular weight is 229 g/mol. The second-order valence-electron chi connectivity index (χ2n) is 2.77. The molecule has 1 aromatic carbocycles. The summed E-state index contributed by atoms with van der Waals surface area (Å²) in [4.78, 5) is 0. The van der Waals surface area contributed by atoms with Crippen molar-refractivity contribution in [1.82, 2.24) is 8.75 Å². The summed E-state index contributed by atoms with van der Waals surface area (Å²) in [7, 11) is 0. The highest BCUT2D eigenvalue weighted by Gasteiger charge is 2.08. The van der Waals surface area contributed by atoms with E-state index in [0.717, 1.165) is 11.7 Å². The molecule has 0 unspecified atom stereocenters. The number of rotatable bonds is 2. The topological polar surface area (TPSA) is 25.8 Å². The zero-order valence-corrected chi connectivity index (χ0v) is 8.65. The highest BCUT2D eigenvalue weighted by atomic mass is 35.5. The first-order chi connectivity index (χ1) is 6.77. The van der Waals surface area contributed by atoms with Crippen molar-refractivity contribution in [3.05, 3.63) is 46.5 Å². The molecule has 0 saturated carbocycles. The van der Waals surface area contributed by atoms with Crippen LogP contribution in [0, 0.1) is 5.82 Å². The van der Waals surface area contributed by atoms with Crippen molar-refractivity contribution < 1.29 is 4.39 Å². The van der Waals surface area contributed by atoms with Gasteiger partial charge in [-0.25, -0.2) is 4.39 Å². The lowest BCUT2D eigenvalue weighted by Gasteiger charge is -1.99. The Kier molecular flexibility index (Phi) is 2.74. The highest BCUT2D eigenvalue weighted by Crippen LogP contribution is 2.18. The van der Waals surface area contributed by atoms with Crippen molar-refractivity contribution in [2.75, 3.05) is 0 Å². The summed E-state index contributed by atoms with van der Waals surface area (Å²) in [5.74, 6) is -0.239. The fourth-order valence-electron chi connectivity index (χ4n) is 1.12. The van der Waals surface area contributed by atoms with Crippen LogP contribution in [-0.4, -0.2) is 8.75 Å². The summed E-state index contributed by atoms with van der Waals surface area (Å²) in [6.07, 6.45) is 0.391. The number of hydrogen-bond acceptors (Lipinski definition) is 3. The molecular formula is C9H6ClFN2S. The van der Waals surface area contributed by atoms with Crippen molar-refractivity contribution in [3.8, 4) is 0 Å². The van der Waals surface area contributed by atoms with Gasteiger partial charge in [-0.3, -0.25) is 0 Å². The highest BCUT2D eigenvalue weighted by molar-refractivity contribution is 6.99. The van der Waals surface area contributed by atoms with E-state index in [0.29, 0.717) is 22.8 Å². The van der Waals surface area contributed by atoms with Crippen LogP contribution in [0.25, 0.3) is 0 Å². The molecule has 5 heteroatoms. The summed E-state index contributed by atoms with van der Waals surface area (Å²) in [6.45, 7) is 0. The molecule has 0 amide bonds. The van der Waals surface area contributed by atoms with Gasteiger partial charge in [0.2, 0.25) is 0 Å². The second-order valence-corrected chi connectivity index (χ2v) is 3.66. The quantitative estimate of drug-likeness (QED) is 0.790. The summed E-state index contributed by atoms with van der Waals surface area (Å²) in [6, 6.07) is 6.57. The van der Waals surface area contributed by atoms with Gasteiger partial charge in [0, 0.05) is 6.42 Å².